The van der Waals surface area contributed by atoms with E-state index >= 15 is 0 Å². The molecule has 0 aromatic heterocycles. The lowest BCUT2D eigenvalue weighted by molar-refractivity contribution is -0.0670. The van der Waals surface area contributed by atoms with Gasteiger partial charge < -0.3 is 0 Å². The van der Waals surface area contributed by atoms with Crippen LogP contribution in [0.5, 0.6) is 0 Å². The molecule has 1 aliphatic rings. The Labute approximate surface area is 77.4 Å². The zero-order valence-electron chi connectivity index (χ0n) is 7.17. The van der Waals surface area contributed by atoms with Crippen LogP contribution in [0, 0.1) is 0 Å². The summed E-state index contributed by atoms with van der Waals surface area (Å²) in [5.41, 5.74) is 1.09. The first-order valence-electron chi connectivity index (χ1n) is 4.25. The van der Waals surface area contributed by atoms with Crippen LogP contribution in [0.15, 0.2) is 54.8 Å². The van der Waals surface area contributed by atoms with E-state index in [4.69, 9.17) is 0 Å². The van der Waals surface area contributed by atoms with Gasteiger partial charge in [0.1, 0.15) is 0 Å². The van der Waals surface area contributed by atoms with Crippen molar-refractivity contribution in [3.63, 3.8) is 0 Å². The van der Waals surface area contributed by atoms with Crippen LogP contribution in [0.25, 0.3) is 0 Å². The lowest BCUT2D eigenvalue weighted by Gasteiger charge is -2.23. The minimum absolute atomic E-state index is 0.0498. The minimum atomic E-state index is -0.0498. The maximum Gasteiger partial charge on any atom is 0.0990 e. The molecule has 0 radical (unpaired) electrons. The monoisotopic (exact) mass is 173 g/mol. The molecule has 1 N–H and O–H groups in total. The molecule has 1 aliphatic heterocycles. The normalized spacial score (nSPS) is 20.7. The van der Waals surface area contributed by atoms with Crippen LogP contribution in [0.2, 0.25) is 0 Å². The third-order valence-electron chi connectivity index (χ3n) is 2.07. The highest BCUT2D eigenvalue weighted by molar-refractivity contribution is 5.26. The summed E-state index contributed by atoms with van der Waals surface area (Å²) in [6, 6.07) is 9.85. The van der Waals surface area contributed by atoms with Gasteiger partial charge in [0.15, 0.2) is 0 Å². The summed E-state index contributed by atoms with van der Waals surface area (Å²) in [4.78, 5) is 0. The van der Waals surface area contributed by atoms with Crippen molar-refractivity contribution in [2.75, 3.05) is 0 Å². The molecule has 0 bridgehead atoms. The number of rotatable bonds is 1. The fraction of sp³-hybridized carbons (Fsp3) is 0.0909. The maximum atomic E-state index is 9.52. The molecule has 1 unspecified atom stereocenters. The first-order chi connectivity index (χ1) is 6.38. The summed E-state index contributed by atoms with van der Waals surface area (Å²) in [5.74, 6) is 0. The van der Waals surface area contributed by atoms with Gasteiger partial charge in [0.2, 0.25) is 0 Å². The first-order valence-corrected chi connectivity index (χ1v) is 4.25. The number of hydrogen-bond acceptors (Lipinski definition) is 2. The van der Waals surface area contributed by atoms with Crippen LogP contribution in [-0.2, 0) is 0 Å². The van der Waals surface area contributed by atoms with Gasteiger partial charge in [-0.05, 0) is 11.6 Å². The highest BCUT2D eigenvalue weighted by Crippen LogP contribution is 2.22. The maximum absolute atomic E-state index is 9.52. The van der Waals surface area contributed by atoms with Crippen molar-refractivity contribution in [3.8, 4) is 0 Å². The Balaban J connectivity index is 2.27. The molecule has 0 amide bonds. The second-order valence-corrected chi connectivity index (χ2v) is 2.96. The smallest absolute Gasteiger partial charge is 0.0990 e. The third kappa shape index (κ3) is 1.63. The highest BCUT2D eigenvalue weighted by Gasteiger charge is 2.13. The molecule has 0 saturated carbocycles. The molecular formula is C11H11NO. The van der Waals surface area contributed by atoms with E-state index in [1.165, 1.54) is 5.06 Å². The lowest BCUT2D eigenvalue weighted by Crippen LogP contribution is -2.19. The molecule has 1 heterocycles. The van der Waals surface area contributed by atoms with Crippen molar-refractivity contribution >= 4 is 0 Å². The average Bonchev–Trinajstić information content (AvgIpc) is 2.20. The van der Waals surface area contributed by atoms with Gasteiger partial charge in [-0.15, -0.1) is 0 Å². The molecule has 1 aromatic rings. The van der Waals surface area contributed by atoms with Gasteiger partial charge in [-0.3, -0.25) is 10.3 Å². The molecule has 2 nitrogen and oxygen atoms in total. The third-order valence-corrected chi connectivity index (χ3v) is 2.07. The SMILES string of the molecule is ON1C=CC=CC1c1ccccc1. The van der Waals surface area contributed by atoms with E-state index in [2.05, 4.69) is 0 Å². The van der Waals surface area contributed by atoms with Gasteiger partial charge >= 0.3 is 0 Å². The molecular weight excluding hydrogens is 162 g/mol. The summed E-state index contributed by atoms with van der Waals surface area (Å²) in [6.07, 6.45) is 7.34. The van der Waals surface area contributed by atoms with Crippen LogP contribution in [-0.4, -0.2) is 10.3 Å². The van der Waals surface area contributed by atoms with Gasteiger partial charge in [0, 0.05) is 6.20 Å². The van der Waals surface area contributed by atoms with Crippen LogP contribution < -0.4 is 0 Å². The Morgan fingerprint density at radius 2 is 1.85 bits per heavy atom. The number of hydrogen-bond donors (Lipinski definition) is 1. The second-order valence-electron chi connectivity index (χ2n) is 2.96. The Hall–Kier alpha value is -1.54. The molecule has 0 spiro atoms. The van der Waals surface area contributed by atoms with Crippen molar-refractivity contribution in [2.24, 2.45) is 0 Å². The van der Waals surface area contributed by atoms with Crippen LogP contribution in [0.4, 0.5) is 0 Å². The van der Waals surface area contributed by atoms with Crippen molar-refractivity contribution < 1.29 is 5.21 Å². The molecule has 13 heavy (non-hydrogen) atoms. The van der Waals surface area contributed by atoms with Gasteiger partial charge in [0.05, 0.1) is 6.04 Å². The summed E-state index contributed by atoms with van der Waals surface area (Å²) >= 11 is 0. The van der Waals surface area contributed by atoms with Gasteiger partial charge in [-0.1, -0.05) is 42.5 Å². The molecule has 2 heteroatoms. The molecule has 1 aromatic carbocycles. The first kappa shape index (κ1) is 8.08. The van der Waals surface area contributed by atoms with E-state index < -0.39 is 0 Å². The van der Waals surface area contributed by atoms with E-state index in [-0.39, 0.29) is 6.04 Å². The minimum Gasteiger partial charge on any atom is -0.288 e. The zero-order valence-corrected chi connectivity index (χ0v) is 7.17. The van der Waals surface area contributed by atoms with E-state index in [0.29, 0.717) is 0 Å². The summed E-state index contributed by atoms with van der Waals surface area (Å²) in [5, 5.41) is 10.7. The van der Waals surface area contributed by atoms with Crippen LogP contribution in [0.3, 0.4) is 0 Å². The topological polar surface area (TPSA) is 23.5 Å². The van der Waals surface area contributed by atoms with Crippen molar-refractivity contribution in [2.45, 2.75) is 6.04 Å². The van der Waals surface area contributed by atoms with Crippen molar-refractivity contribution in [1.82, 2.24) is 5.06 Å². The van der Waals surface area contributed by atoms with E-state index in [0.717, 1.165) is 5.56 Å². The Kier molecular flexibility index (Phi) is 2.15. The number of allylic oxidation sites excluding steroid dienone is 2. The fourth-order valence-corrected chi connectivity index (χ4v) is 1.40. The Morgan fingerprint density at radius 1 is 1.08 bits per heavy atom. The second kappa shape index (κ2) is 3.46. The summed E-state index contributed by atoms with van der Waals surface area (Å²) < 4.78 is 0. The van der Waals surface area contributed by atoms with E-state index in [9.17, 15) is 5.21 Å². The number of benzene rings is 1. The van der Waals surface area contributed by atoms with Gasteiger partial charge in [-0.25, -0.2) is 0 Å². The quantitative estimate of drug-likeness (QED) is 0.705. The molecule has 0 fully saturated rings. The molecule has 2 rings (SSSR count). The zero-order chi connectivity index (χ0) is 9.10. The van der Waals surface area contributed by atoms with E-state index in [1.807, 2.05) is 42.5 Å². The molecule has 0 aliphatic carbocycles. The summed E-state index contributed by atoms with van der Waals surface area (Å²) in [7, 11) is 0. The highest BCUT2D eigenvalue weighted by atomic mass is 16.5. The van der Waals surface area contributed by atoms with E-state index in [1.54, 1.807) is 12.3 Å². The largest absolute Gasteiger partial charge is 0.288 e. The number of nitrogens with zero attached hydrogens (tertiary/aromatic N) is 1. The van der Waals surface area contributed by atoms with Crippen LogP contribution in [0.1, 0.15) is 11.6 Å². The lowest BCUT2D eigenvalue weighted by atomic mass is 10.1. The predicted octanol–water partition coefficient (Wildman–Crippen LogP) is 2.50. The molecule has 66 valence electrons. The summed E-state index contributed by atoms with van der Waals surface area (Å²) in [6.45, 7) is 0. The number of hydroxylamine groups is 2. The standard InChI is InChI=1S/C11H11NO/c13-12-9-5-4-8-11(12)10-6-2-1-3-7-10/h1-9,11,13H. The Bertz CT molecular complexity index is 329. The molecule has 1 atom stereocenters. The average molecular weight is 173 g/mol. The fourth-order valence-electron chi connectivity index (χ4n) is 1.40. The van der Waals surface area contributed by atoms with Gasteiger partial charge in [0.25, 0.3) is 0 Å². The predicted molar refractivity (Wildman–Crippen MR) is 51.1 cm³/mol. The molecule has 0 saturated heterocycles. The van der Waals surface area contributed by atoms with Crippen molar-refractivity contribution in [1.29, 1.82) is 0 Å². The van der Waals surface area contributed by atoms with Crippen molar-refractivity contribution in [3.05, 3.63) is 60.3 Å². The Morgan fingerprint density at radius 3 is 2.54 bits per heavy atom. The van der Waals surface area contributed by atoms with Gasteiger partial charge in [-0.2, -0.15) is 0 Å². The van der Waals surface area contributed by atoms with Crippen LogP contribution >= 0.6 is 0 Å².